The number of hydrogen-bond acceptors (Lipinski definition) is 4. The molecule has 2 N–H and O–H groups in total. The van der Waals surface area contributed by atoms with E-state index in [1.807, 2.05) is 43.9 Å². The van der Waals surface area contributed by atoms with Crippen LogP contribution in [0.1, 0.15) is 36.5 Å². The second-order valence-electron chi connectivity index (χ2n) is 6.53. The quantitative estimate of drug-likeness (QED) is 0.741. The minimum atomic E-state index is -3.40. The van der Waals surface area contributed by atoms with Crippen molar-refractivity contribution < 1.29 is 18.3 Å². The van der Waals surface area contributed by atoms with Crippen LogP contribution in [0.5, 0.6) is 0 Å². The van der Waals surface area contributed by atoms with Crippen molar-refractivity contribution in [1.82, 2.24) is 9.62 Å². The summed E-state index contributed by atoms with van der Waals surface area (Å²) in [5.41, 5.74) is 2.80. The molecule has 1 aromatic rings. The number of carboxylic acid groups (broad SMARTS) is 1. The van der Waals surface area contributed by atoms with Crippen LogP contribution >= 0.6 is 0 Å². The van der Waals surface area contributed by atoms with Crippen molar-refractivity contribution >= 4 is 16.0 Å². The van der Waals surface area contributed by atoms with E-state index >= 15 is 0 Å². The maximum absolute atomic E-state index is 12.4. The van der Waals surface area contributed by atoms with Crippen LogP contribution in [0.4, 0.5) is 0 Å². The molecule has 1 aliphatic rings. The molecule has 1 aromatic carbocycles. The zero-order valence-electron chi connectivity index (χ0n) is 14.4. The SMILES string of the molecule is CCN(CC(=O)O)C1CC(NS(=O)(=O)Cc2c(C)cccc2C)C1. The van der Waals surface area contributed by atoms with Crippen LogP contribution in [0.2, 0.25) is 0 Å². The van der Waals surface area contributed by atoms with Crippen molar-refractivity contribution in [3.05, 3.63) is 34.9 Å². The number of carboxylic acids is 1. The van der Waals surface area contributed by atoms with Gasteiger partial charge in [-0.25, -0.2) is 13.1 Å². The average Bonchev–Trinajstić information content (AvgIpc) is 2.44. The van der Waals surface area contributed by atoms with Gasteiger partial charge in [-0.05, 0) is 49.9 Å². The highest BCUT2D eigenvalue weighted by Crippen LogP contribution is 2.27. The van der Waals surface area contributed by atoms with Gasteiger partial charge in [0.05, 0.1) is 12.3 Å². The molecule has 0 bridgehead atoms. The third kappa shape index (κ3) is 4.78. The third-order valence-electron chi connectivity index (χ3n) is 4.70. The lowest BCUT2D eigenvalue weighted by Crippen LogP contribution is -2.54. The molecule has 6 nitrogen and oxygen atoms in total. The van der Waals surface area contributed by atoms with Crippen molar-refractivity contribution in [3.8, 4) is 0 Å². The highest BCUT2D eigenvalue weighted by atomic mass is 32.2. The Balaban J connectivity index is 1.92. The fraction of sp³-hybridized carbons (Fsp3) is 0.588. The molecular weight excluding hydrogens is 328 g/mol. The van der Waals surface area contributed by atoms with Crippen LogP contribution in [0, 0.1) is 13.8 Å². The number of aliphatic carboxylic acids is 1. The molecule has 0 aromatic heterocycles. The van der Waals surface area contributed by atoms with Crippen LogP contribution in [-0.2, 0) is 20.6 Å². The second kappa shape index (κ2) is 7.63. The normalized spacial score (nSPS) is 20.8. The molecule has 24 heavy (non-hydrogen) atoms. The van der Waals surface area contributed by atoms with E-state index in [0.29, 0.717) is 19.4 Å². The van der Waals surface area contributed by atoms with Crippen LogP contribution in [0.25, 0.3) is 0 Å². The summed E-state index contributed by atoms with van der Waals surface area (Å²) in [7, 11) is -3.40. The van der Waals surface area contributed by atoms with E-state index in [-0.39, 0.29) is 24.4 Å². The number of carbonyl (C=O) groups is 1. The molecular formula is C17H26N2O4S. The van der Waals surface area contributed by atoms with Crippen molar-refractivity contribution in [2.24, 2.45) is 0 Å². The fourth-order valence-electron chi connectivity index (χ4n) is 3.22. The number of benzene rings is 1. The summed E-state index contributed by atoms with van der Waals surface area (Å²) in [6.07, 6.45) is 1.32. The van der Waals surface area contributed by atoms with Crippen molar-refractivity contribution in [2.75, 3.05) is 13.1 Å². The van der Waals surface area contributed by atoms with Gasteiger partial charge < -0.3 is 5.11 Å². The van der Waals surface area contributed by atoms with E-state index in [9.17, 15) is 13.2 Å². The second-order valence-corrected chi connectivity index (χ2v) is 8.28. The molecule has 1 aliphatic carbocycles. The Morgan fingerprint density at radius 2 is 1.88 bits per heavy atom. The Kier molecular flexibility index (Phi) is 6.01. The molecule has 0 heterocycles. The first kappa shape index (κ1) is 18.9. The molecule has 1 fully saturated rings. The van der Waals surface area contributed by atoms with E-state index in [0.717, 1.165) is 16.7 Å². The van der Waals surface area contributed by atoms with Gasteiger partial charge in [0.1, 0.15) is 0 Å². The number of rotatable bonds is 8. The molecule has 7 heteroatoms. The fourth-order valence-corrected chi connectivity index (χ4v) is 4.84. The molecule has 0 unspecified atom stereocenters. The number of nitrogens with one attached hydrogen (secondary N) is 1. The number of hydrogen-bond donors (Lipinski definition) is 2. The zero-order valence-corrected chi connectivity index (χ0v) is 15.3. The Labute approximate surface area is 143 Å². The minimum absolute atomic E-state index is 0.00302. The van der Waals surface area contributed by atoms with E-state index < -0.39 is 16.0 Å². The van der Waals surface area contributed by atoms with Gasteiger partial charge >= 0.3 is 5.97 Å². The summed E-state index contributed by atoms with van der Waals surface area (Å²) in [6, 6.07) is 5.79. The average molecular weight is 354 g/mol. The van der Waals surface area contributed by atoms with E-state index in [1.54, 1.807) is 0 Å². The maximum Gasteiger partial charge on any atom is 0.317 e. The maximum atomic E-state index is 12.4. The standard InChI is InChI=1S/C17H26N2O4S/c1-4-19(10-17(20)21)15-8-14(9-15)18-24(22,23)11-16-12(2)6-5-7-13(16)3/h5-7,14-15,18H,4,8-11H2,1-3H3,(H,20,21). The Bertz CT molecular complexity index is 676. The predicted molar refractivity (Wildman–Crippen MR) is 93.4 cm³/mol. The van der Waals surface area contributed by atoms with E-state index in [4.69, 9.17) is 5.11 Å². The zero-order chi connectivity index (χ0) is 17.9. The molecule has 0 spiro atoms. The summed E-state index contributed by atoms with van der Waals surface area (Å²) in [6.45, 7) is 6.41. The molecule has 0 saturated heterocycles. The molecule has 2 rings (SSSR count). The van der Waals surface area contributed by atoms with E-state index in [1.165, 1.54) is 0 Å². The summed E-state index contributed by atoms with van der Waals surface area (Å²) in [4.78, 5) is 12.7. The summed E-state index contributed by atoms with van der Waals surface area (Å²) < 4.78 is 27.6. The predicted octanol–water partition coefficient (Wildman–Crippen LogP) is 1.66. The summed E-state index contributed by atoms with van der Waals surface area (Å²) in [5, 5.41) is 8.90. The van der Waals surface area contributed by atoms with Gasteiger partial charge in [0.2, 0.25) is 10.0 Å². The summed E-state index contributed by atoms with van der Waals surface area (Å²) >= 11 is 0. The first-order valence-corrected chi connectivity index (χ1v) is 9.88. The molecule has 0 aliphatic heterocycles. The third-order valence-corrected chi connectivity index (χ3v) is 6.06. The van der Waals surface area contributed by atoms with Gasteiger partial charge in [0.15, 0.2) is 0 Å². The molecule has 0 atom stereocenters. The number of nitrogens with zero attached hydrogens (tertiary/aromatic N) is 1. The van der Waals surface area contributed by atoms with Crippen molar-refractivity contribution in [2.45, 2.75) is 51.4 Å². The molecule has 0 radical (unpaired) electrons. The first-order chi connectivity index (χ1) is 11.2. The highest BCUT2D eigenvalue weighted by molar-refractivity contribution is 7.88. The van der Waals surface area contributed by atoms with Gasteiger partial charge in [-0.2, -0.15) is 0 Å². The lowest BCUT2D eigenvalue weighted by atomic mass is 9.86. The number of likely N-dealkylation sites (N-methyl/N-ethyl adjacent to an activating group) is 1. The lowest BCUT2D eigenvalue weighted by Gasteiger charge is -2.42. The summed E-state index contributed by atoms with van der Waals surface area (Å²) in [5.74, 6) is -0.866. The number of sulfonamides is 1. The van der Waals surface area contributed by atoms with Crippen LogP contribution in [0.3, 0.4) is 0 Å². The molecule has 0 amide bonds. The van der Waals surface area contributed by atoms with Crippen LogP contribution in [-0.4, -0.2) is 49.6 Å². The van der Waals surface area contributed by atoms with Gasteiger partial charge in [-0.3, -0.25) is 9.69 Å². The Hall–Kier alpha value is -1.44. The smallest absolute Gasteiger partial charge is 0.317 e. The number of aryl methyl sites for hydroxylation is 2. The van der Waals surface area contributed by atoms with Gasteiger partial charge in [0.25, 0.3) is 0 Å². The monoisotopic (exact) mass is 354 g/mol. The molecule has 134 valence electrons. The largest absolute Gasteiger partial charge is 0.480 e. The first-order valence-electron chi connectivity index (χ1n) is 8.22. The molecule has 1 saturated carbocycles. The van der Waals surface area contributed by atoms with Crippen molar-refractivity contribution in [3.63, 3.8) is 0 Å². The van der Waals surface area contributed by atoms with Gasteiger partial charge in [-0.1, -0.05) is 25.1 Å². The van der Waals surface area contributed by atoms with Crippen LogP contribution < -0.4 is 4.72 Å². The highest BCUT2D eigenvalue weighted by Gasteiger charge is 2.36. The van der Waals surface area contributed by atoms with Crippen LogP contribution in [0.15, 0.2) is 18.2 Å². The van der Waals surface area contributed by atoms with Gasteiger partial charge in [-0.15, -0.1) is 0 Å². The topological polar surface area (TPSA) is 86.7 Å². The Morgan fingerprint density at radius 1 is 1.29 bits per heavy atom. The van der Waals surface area contributed by atoms with Gasteiger partial charge in [0, 0.05) is 12.1 Å². The Morgan fingerprint density at radius 3 is 2.38 bits per heavy atom. The lowest BCUT2D eigenvalue weighted by molar-refractivity contribution is -0.139. The van der Waals surface area contributed by atoms with E-state index in [2.05, 4.69) is 4.72 Å². The minimum Gasteiger partial charge on any atom is -0.480 e. The van der Waals surface area contributed by atoms with Crippen molar-refractivity contribution in [1.29, 1.82) is 0 Å².